The van der Waals surface area contributed by atoms with Gasteiger partial charge in [-0.3, -0.25) is 4.79 Å². The fourth-order valence-electron chi connectivity index (χ4n) is 2.89. The Hall–Kier alpha value is -0.570. The average molecular weight is 224 g/mol. The highest BCUT2D eigenvalue weighted by Crippen LogP contribution is 2.29. The van der Waals surface area contributed by atoms with Gasteiger partial charge in [0.1, 0.15) is 0 Å². The van der Waals surface area contributed by atoms with Crippen LogP contribution in [0.3, 0.4) is 0 Å². The summed E-state index contributed by atoms with van der Waals surface area (Å²) in [6.07, 6.45) is 4.98. The number of amides is 1. The second-order valence-electron chi connectivity index (χ2n) is 6.17. The lowest BCUT2D eigenvalue weighted by molar-refractivity contribution is -0.135. The fraction of sp³-hybridized carbons (Fsp3) is 0.923. The molecule has 16 heavy (non-hydrogen) atoms. The molecular formula is C13H24N2O. The third-order valence-electron chi connectivity index (χ3n) is 3.90. The number of carbonyl (C=O) groups is 1. The molecule has 0 aromatic carbocycles. The minimum atomic E-state index is -0.0117. The molecule has 0 spiro atoms. The van der Waals surface area contributed by atoms with Gasteiger partial charge in [0.15, 0.2) is 0 Å². The van der Waals surface area contributed by atoms with Gasteiger partial charge in [0.05, 0.1) is 6.04 Å². The van der Waals surface area contributed by atoms with Crippen molar-refractivity contribution in [3.05, 3.63) is 0 Å². The van der Waals surface area contributed by atoms with Gasteiger partial charge >= 0.3 is 0 Å². The van der Waals surface area contributed by atoms with E-state index in [1.54, 1.807) is 0 Å². The normalized spacial score (nSPS) is 31.8. The summed E-state index contributed by atoms with van der Waals surface area (Å²) >= 11 is 0. The molecule has 1 atom stereocenters. The zero-order chi connectivity index (χ0) is 11.8. The first-order valence-corrected chi connectivity index (χ1v) is 6.53. The molecule has 3 heteroatoms. The molecule has 1 saturated heterocycles. The molecule has 1 amide bonds. The van der Waals surface area contributed by atoms with Crippen LogP contribution in [0, 0.1) is 5.41 Å². The minimum absolute atomic E-state index is 0.0117. The summed E-state index contributed by atoms with van der Waals surface area (Å²) in [7, 11) is 0. The third kappa shape index (κ3) is 2.40. The monoisotopic (exact) mass is 224 g/mol. The van der Waals surface area contributed by atoms with Crippen LogP contribution in [0.2, 0.25) is 0 Å². The van der Waals surface area contributed by atoms with Crippen molar-refractivity contribution < 1.29 is 4.79 Å². The van der Waals surface area contributed by atoms with E-state index in [1.165, 1.54) is 25.7 Å². The number of nitrogens with one attached hydrogen (secondary N) is 1. The van der Waals surface area contributed by atoms with Crippen LogP contribution < -0.4 is 5.32 Å². The molecule has 0 aromatic heterocycles. The van der Waals surface area contributed by atoms with E-state index in [9.17, 15) is 4.79 Å². The molecular weight excluding hydrogens is 200 g/mol. The van der Waals surface area contributed by atoms with Crippen molar-refractivity contribution >= 4 is 5.91 Å². The zero-order valence-electron chi connectivity index (χ0n) is 10.8. The van der Waals surface area contributed by atoms with E-state index in [4.69, 9.17) is 0 Å². The Balaban J connectivity index is 2.14. The van der Waals surface area contributed by atoms with Gasteiger partial charge in [-0.05, 0) is 25.2 Å². The second-order valence-corrected chi connectivity index (χ2v) is 6.17. The lowest BCUT2D eigenvalue weighted by Crippen LogP contribution is -2.46. The molecule has 1 saturated carbocycles. The van der Waals surface area contributed by atoms with Crippen molar-refractivity contribution in [1.82, 2.24) is 10.2 Å². The molecule has 2 fully saturated rings. The lowest BCUT2D eigenvalue weighted by Gasteiger charge is -2.34. The Bertz CT molecular complexity index is 269. The number of carbonyl (C=O) groups excluding carboxylic acids is 1. The minimum Gasteiger partial charge on any atom is -0.338 e. The molecule has 1 N–H and O–H groups in total. The topological polar surface area (TPSA) is 32.3 Å². The summed E-state index contributed by atoms with van der Waals surface area (Å²) in [6, 6.07) is 0.497. The van der Waals surface area contributed by atoms with Crippen molar-refractivity contribution in [2.24, 2.45) is 5.41 Å². The lowest BCUT2D eigenvalue weighted by atomic mass is 9.92. The Morgan fingerprint density at radius 2 is 1.94 bits per heavy atom. The highest BCUT2D eigenvalue weighted by Gasteiger charge is 2.36. The van der Waals surface area contributed by atoms with Gasteiger partial charge in [-0.25, -0.2) is 0 Å². The molecule has 3 nitrogen and oxygen atoms in total. The molecule has 0 aromatic rings. The molecule has 1 aliphatic heterocycles. The van der Waals surface area contributed by atoms with E-state index < -0.39 is 0 Å². The smallest absolute Gasteiger partial charge is 0.239 e. The van der Waals surface area contributed by atoms with Crippen LogP contribution in [-0.4, -0.2) is 36.0 Å². The quantitative estimate of drug-likeness (QED) is 0.736. The summed E-state index contributed by atoms with van der Waals surface area (Å²) < 4.78 is 0. The van der Waals surface area contributed by atoms with Gasteiger partial charge in [0.25, 0.3) is 0 Å². The van der Waals surface area contributed by atoms with E-state index in [1.807, 2.05) is 6.92 Å². The molecule has 1 aliphatic carbocycles. The third-order valence-corrected chi connectivity index (χ3v) is 3.90. The first kappa shape index (κ1) is 11.9. The van der Waals surface area contributed by atoms with Crippen molar-refractivity contribution in [2.45, 2.75) is 58.5 Å². The maximum absolute atomic E-state index is 12.3. The van der Waals surface area contributed by atoms with Gasteiger partial charge in [-0.2, -0.15) is 0 Å². The number of rotatable bonds is 1. The van der Waals surface area contributed by atoms with E-state index in [0.717, 1.165) is 13.1 Å². The van der Waals surface area contributed by atoms with E-state index in [0.29, 0.717) is 11.9 Å². The zero-order valence-corrected chi connectivity index (χ0v) is 10.8. The molecule has 2 aliphatic rings. The SMILES string of the molecule is CC1NCC(C)(C)CN(C2CCCC2)C1=O. The standard InChI is InChI=1S/C13H24N2O/c1-10-12(16)15(11-6-4-5-7-11)9-13(2,3)8-14-10/h10-11,14H,4-9H2,1-3H3. The first-order valence-electron chi connectivity index (χ1n) is 6.53. The number of hydrogen-bond acceptors (Lipinski definition) is 2. The predicted molar refractivity (Wildman–Crippen MR) is 65.2 cm³/mol. The molecule has 92 valence electrons. The molecule has 1 heterocycles. The second kappa shape index (κ2) is 4.36. The van der Waals surface area contributed by atoms with E-state index >= 15 is 0 Å². The maximum Gasteiger partial charge on any atom is 0.239 e. The van der Waals surface area contributed by atoms with E-state index in [-0.39, 0.29) is 11.5 Å². The maximum atomic E-state index is 12.3. The molecule has 2 rings (SSSR count). The largest absolute Gasteiger partial charge is 0.338 e. The summed E-state index contributed by atoms with van der Waals surface area (Å²) in [5.41, 5.74) is 0.197. The molecule has 1 unspecified atom stereocenters. The first-order chi connectivity index (χ1) is 7.49. The van der Waals surface area contributed by atoms with Crippen LogP contribution in [0.4, 0.5) is 0 Å². The van der Waals surface area contributed by atoms with Gasteiger partial charge in [-0.15, -0.1) is 0 Å². The summed E-state index contributed by atoms with van der Waals surface area (Å²) in [6.45, 7) is 8.32. The van der Waals surface area contributed by atoms with Crippen LogP contribution in [0.15, 0.2) is 0 Å². The van der Waals surface area contributed by atoms with Crippen molar-refractivity contribution in [1.29, 1.82) is 0 Å². The Morgan fingerprint density at radius 3 is 2.56 bits per heavy atom. The van der Waals surface area contributed by atoms with Crippen LogP contribution >= 0.6 is 0 Å². The predicted octanol–water partition coefficient (Wildman–Crippen LogP) is 1.78. The van der Waals surface area contributed by atoms with E-state index in [2.05, 4.69) is 24.1 Å². The van der Waals surface area contributed by atoms with Crippen LogP contribution in [-0.2, 0) is 4.79 Å². The van der Waals surface area contributed by atoms with Gasteiger partial charge in [0, 0.05) is 19.1 Å². The fourth-order valence-corrected chi connectivity index (χ4v) is 2.89. The Morgan fingerprint density at radius 1 is 1.31 bits per heavy atom. The van der Waals surface area contributed by atoms with Gasteiger partial charge in [0.2, 0.25) is 5.91 Å². The van der Waals surface area contributed by atoms with Gasteiger partial charge < -0.3 is 10.2 Å². The van der Waals surface area contributed by atoms with Crippen molar-refractivity contribution in [3.8, 4) is 0 Å². The number of nitrogens with zero attached hydrogens (tertiary/aromatic N) is 1. The molecule has 0 bridgehead atoms. The summed E-state index contributed by atoms with van der Waals surface area (Å²) in [4.78, 5) is 14.4. The highest BCUT2D eigenvalue weighted by atomic mass is 16.2. The van der Waals surface area contributed by atoms with Crippen LogP contribution in [0.5, 0.6) is 0 Å². The number of hydrogen-bond donors (Lipinski definition) is 1. The van der Waals surface area contributed by atoms with Gasteiger partial charge in [-0.1, -0.05) is 26.7 Å². The van der Waals surface area contributed by atoms with Crippen molar-refractivity contribution in [2.75, 3.05) is 13.1 Å². The summed E-state index contributed by atoms with van der Waals surface area (Å²) in [5.74, 6) is 0.303. The molecule has 0 radical (unpaired) electrons. The Labute approximate surface area is 98.6 Å². The van der Waals surface area contributed by atoms with Crippen molar-refractivity contribution in [3.63, 3.8) is 0 Å². The summed E-state index contributed by atoms with van der Waals surface area (Å²) in [5, 5.41) is 3.35. The Kier molecular flexibility index (Phi) is 3.24. The van der Waals surface area contributed by atoms with Crippen LogP contribution in [0.25, 0.3) is 0 Å². The highest BCUT2D eigenvalue weighted by molar-refractivity contribution is 5.82. The average Bonchev–Trinajstić information content (AvgIpc) is 2.72. The van der Waals surface area contributed by atoms with Crippen LogP contribution in [0.1, 0.15) is 46.5 Å².